The fraction of sp³-hybridized carbons (Fsp3) is 0.400. The summed E-state index contributed by atoms with van der Waals surface area (Å²) in [5.74, 6) is -1.35. The molecule has 3 heterocycles. The number of nitrogens with zero attached hydrogens (tertiary/aromatic N) is 4. The molecule has 2 aliphatic heterocycles. The number of rotatable bonds is 5. The Balaban J connectivity index is 1.28. The number of amides is 3. The summed E-state index contributed by atoms with van der Waals surface area (Å²) in [7, 11) is -4.01. The second-order valence-electron chi connectivity index (χ2n) is 11.8. The molecule has 14 nitrogen and oxygen atoms in total. The van der Waals surface area contributed by atoms with Crippen LogP contribution in [0.15, 0.2) is 57.8 Å². The monoisotopic (exact) mass is 636 g/mol. The maximum atomic E-state index is 13.1. The molecule has 0 radical (unpaired) electrons. The Morgan fingerprint density at radius 1 is 1.16 bits per heavy atom. The molecule has 15 heteroatoms. The van der Waals surface area contributed by atoms with Crippen molar-refractivity contribution in [1.82, 2.24) is 20.4 Å². The zero-order chi connectivity index (χ0) is 32.4. The van der Waals surface area contributed by atoms with Crippen LogP contribution in [-0.2, 0) is 36.1 Å². The predicted molar refractivity (Wildman–Crippen MR) is 158 cm³/mol. The molecule has 1 atom stereocenters. The number of anilines is 1. The van der Waals surface area contributed by atoms with Gasteiger partial charge in [-0.2, -0.15) is 5.26 Å². The minimum Gasteiger partial charge on any atom is -0.445 e. The zero-order valence-electron chi connectivity index (χ0n) is 24.9. The van der Waals surface area contributed by atoms with Gasteiger partial charge in [0.25, 0.3) is 0 Å². The minimum atomic E-state index is -4.01. The number of sulfone groups is 1. The number of hydrogen-bond acceptors (Lipinski definition) is 11. The minimum absolute atomic E-state index is 0.00597. The van der Waals surface area contributed by atoms with Crippen molar-refractivity contribution in [3.05, 3.63) is 60.0 Å². The lowest BCUT2D eigenvalue weighted by atomic mass is 9.80. The van der Waals surface area contributed by atoms with E-state index in [0.29, 0.717) is 5.56 Å². The molecule has 236 valence electrons. The highest BCUT2D eigenvalue weighted by molar-refractivity contribution is 7.91. The molecule has 0 saturated carbocycles. The number of carbonyl (C=O) groups is 3. The Kier molecular flexibility index (Phi) is 8.53. The summed E-state index contributed by atoms with van der Waals surface area (Å²) in [6.45, 7) is 5.53. The van der Waals surface area contributed by atoms with Crippen LogP contribution in [0.25, 0.3) is 11.5 Å². The number of fused-ring (bicyclic) bond motifs is 1. The fourth-order valence-electron chi connectivity index (χ4n) is 4.98. The van der Waals surface area contributed by atoms with E-state index < -0.39 is 50.7 Å². The van der Waals surface area contributed by atoms with Gasteiger partial charge in [-0.3, -0.25) is 4.79 Å². The molecule has 0 aliphatic carbocycles. The Hall–Kier alpha value is -4.97. The summed E-state index contributed by atoms with van der Waals surface area (Å²) in [5, 5.41) is 23.2. The molecule has 0 unspecified atom stereocenters. The molecular weight excluding hydrogens is 604 g/mol. The second-order valence-corrected chi connectivity index (χ2v) is 13.8. The number of ether oxygens (including phenoxy) is 2. The summed E-state index contributed by atoms with van der Waals surface area (Å²) < 4.78 is 42.8. The third-order valence-electron chi connectivity index (χ3n) is 7.34. The number of aromatic nitrogens is 2. The van der Waals surface area contributed by atoms with E-state index in [1.165, 1.54) is 23.1 Å². The van der Waals surface area contributed by atoms with Crippen LogP contribution in [0.4, 0.5) is 15.3 Å². The molecule has 45 heavy (non-hydrogen) atoms. The molecule has 3 amide bonds. The van der Waals surface area contributed by atoms with Gasteiger partial charge in [-0.1, -0.05) is 30.3 Å². The zero-order valence-corrected chi connectivity index (χ0v) is 25.7. The van der Waals surface area contributed by atoms with E-state index in [2.05, 4.69) is 26.9 Å². The van der Waals surface area contributed by atoms with Crippen molar-refractivity contribution in [2.24, 2.45) is 0 Å². The van der Waals surface area contributed by atoms with Crippen molar-refractivity contribution < 1.29 is 36.7 Å². The third-order valence-corrected chi connectivity index (χ3v) is 9.14. The number of likely N-dealkylation sites (tertiary alicyclic amines) is 1. The van der Waals surface area contributed by atoms with Gasteiger partial charge in [-0.25, -0.2) is 18.0 Å². The highest BCUT2D eigenvalue weighted by atomic mass is 32.2. The van der Waals surface area contributed by atoms with Crippen molar-refractivity contribution in [2.45, 2.75) is 62.2 Å². The van der Waals surface area contributed by atoms with Gasteiger partial charge in [-0.15, -0.1) is 10.2 Å². The quantitative estimate of drug-likeness (QED) is 0.416. The average Bonchev–Trinajstić information content (AvgIpc) is 3.47. The normalized spacial score (nSPS) is 18.8. The Morgan fingerprint density at radius 3 is 2.53 bits per heavy atom. The smallest absolute Gasteiger partial charge is 0.410 e. The maximum Gasteiger partial charge on any atom is 0.410 e. The number of nitrogens with one attached hydrogen (secondary N) is 2. The topological polar surface area (TPSA) is 194 Å². The van der Waals surface area contributed by atoms with Gasteiger partial charge in [-0.05, 0) is 57.4 Å². The standard InChI is InChI=1S/C30H32N6O8S/c1-29(2,3)44-27(38)33-22-17-45(40,41)23-10-9-20(15-21(23)32-24(22)37)25-34-35-26(43-25)30(18-31)11-13-36(14-12-30)28(39)42-16-19-7-5-4-6-8-19/h4-10,15,22H,11-14,16-17H2,1-3H3,(H,32,37)(H,33,38)/t22-/m0/s1. The maximum absolute atomic E-state index is 13.1. The lowest BCUT2D eigenvalue weighted by Crippen LogP contribution is -2.48. The van der Waals surface area contributed by atoms with E-state index in [-0.39, 0.29) is 54.9 Å². The Bertz CT molecular complexity index is 1750. The van der Waals surface area contributed by atoms with Gasteiger partial charge in [0.1, 0.15) is 23.7 Å². The fourth-order valence-corrected chi connectivity index (χ4v) is 6.56. The highest BCUT2D eigenvalue weighted by Crippen LogP contribution is 2.37. The van der Waals surface area contributed by atoms with Gasteiger partial charge in [0.15, 0.2) is 9.84 Å². The summed E-state index contributed by atoms with van der Waals surface area (Å²) >= 11 is 0. The first-order chi connectivity index (χ1) is 21.3. The van der Waals surface area contributed by atoms with E-state index in [0.717, 1.165) is 5.56 Å². The van der Waals surface area contributed by atoms with Crippen LogP contribution in [0, 0.1) is 11.3 Å². The van der Waals surface area contributed by atoms with Crippen molar-refractivity contribution in [2.75, 3.05) is 24.2 Å². The molecule has 3 aromatic rings. The van der Waals surface area contributed by atoms with Crippen molar-refractivity contribution in [1.29, 1.82) is 5.26 Å². The summed E-state index contributed by atoms with van der Waals surface area (Å²) in [4.78, 5) is 39.1. The van der Waals surface area contributed by atoms with Gasteiger partial charge >= 0.3 is 12.2 Å². The molecule has 0 spiro atoms. The van der Waals surface area contributed by atoms with Gasteiger partial charge in [0.2, 0.25) is 17.7 Å². The van der Waals surface area contributed by atoms with Gasteiger partial charge in [0, 0.05) is 18.7 Å². The highest BCUT2D eigenvalue weighted by Gasteiger charge is 2.43. The van der Waals surface area contributed by atoms with Crippen LogP contribution in [0.3, 0.4) is 0 Å². The number of nitriles is 1. The van der Waals surface area contributed by atoms with E-state index in [1.54, 1.807) is 20.8 Å². The van der Waals surface area contributed by atoms with Crippen LogP contribution < -0.4 is 10.6 Å². The van der Waals surface area contributed by atoms with E-state index in [1.807, 2.05) is 30.3 Å². The van der Waals surface area contributed by atoms with Crippen LogP contribution >= 0.6 is 0 Å². The van der Waals surface area contributed by atoms with Crippen molar-refractivity contribution >= 4 is 33.6 Å². The van der Waals surface area contributed by atoms with Crippen LogP contribution in [0.2, 0.25) is 0 Å². The molecule has 1 fully saturated rings. The molecule has 1 saturated heterocycles. The van der Waals surface area contributed by atoms with E-state index in [9.17, 15) is 28.1 Å². The van der Waals surface area contributed by atoms with Gasteiger partial charge in [0.05, 0.1) is 22.4 Å². The predicted octanol–water partition coefficient (Wildman–Crippen LogP) is 3.55. The van der Waals surface area contributed by atoms with Crippen LogP contribution in [0.5, 0.6) is 0 Å². The summed E-state index contributed by atoms with van der Waals surface area (Å²) in [5.41, 5.74) is -0.856. The molecule has 2 N–H and O–H groups in total. The number of benzene rings is 2. The van der Waals surface area contributed by atoms with Crippen LogP contribution in [-0.4, -0.2) is 72.1 Å². The SMILES string of the molecule is CC(C)(C)OC(=O)N[C@H]1CS(=O)(=O)c2ccc(-c3nnc(C4(C#N)CCN(C(=O)OCc5ccccc5)CC4)o3)cc2NC1=O. The second kappa shape index (κ2) is 12.2. The molecule has 1 aromatic heterocycles. The molecular formula is C30H32N6O8S. The van der Waals surface area contributed by atoms with Crippen molar-refractivity contribution in [3.63, 3.8) is 0 Å². The third kappa shape index (κ3) is 7.07. The lowest BCUT2D eigenvalue weighted by Gasteiger charge is -2.34. The number of carbonyl (C=O) groups excluding carboxylic acids is 3. The number of alkyl carbamates (subject to hydrolysis) is 1. The average molecular weight is 637 g/mol. The molecule has 2 aromatic carbocycles. The first kappa shape index (κ1) is 31.5. The van der Waals surface area contributed by atoms with E-state index >= 15 is 0 Å². The molecule has 0 bridgehead atoms. The molecule has 2 aliphatic rings. The van der Waals surface area contributed by atoms with E-state index in [4.69, 9.17) is 13.9 Å². The summed E-state index contributed by atoms with van der Waals surface area (Å²) in [6, 6.07) is 14.3. The van der Waals surface area contributed by atoms with Crippen molar-refractivity contribution in [3.8, 4) is 17.5 Å². The number of hydrogen-bond donors (Lipinski definition) is 2. The van der Waals surface area contributed by atoms with Gasteiger partial charge < -0.3 is 29.4 Å². The number of piperidine rings is 1. The largest absolute Gasteiger partial charge is 0.445 e. The molecule has 5 rings (SSSR count). The summed E-state index contributed by atoms with van der Waals surface area (Å²) in [6.07, 6.45) is -0.946. The first-order valence-electron chi connectivity index (χ1n) is 14.2. The Labute approximate surface area is 259 Å². The Morgan fingerprint density at radius 2 is 1.87 bits per heavy atom. The lowest BCUT2D eigenvalue weighted by molar-refractivity contribution is -0.117. The van der Waals surface area contributed by atoms with Crippen LogP contribution in [0.1, 0.15) is 45.1 Å². The first-order valence-corrected chi connectivity index (χ1v) is 15.8.